The maximum Gasteiger partial charge on any atom is 0.337 e. The molecule has 0 amide bonds. The summed E-state index contributed by atoms with van der Waals surface area (Å²) in [6.45, 7) is 4.46. The summed E-state index contributed by atoms with van der Waals surface area (Å²) in [5.41, 5.74) is 3.71. The van der Waals surface area contributed by atoms with Gasteiger partial charge in [-0.05, 0) is 97.7 Å². The summed E-state index contributed by atoms with van der Waals surface area (Å²) >= 11 is 0. The van der Waals surface area contributed by atoms with Gasteiger partial charge in [-0.25, -0.2) is 18.7 Å². The molecular formula is C39H42FN5O4. The third-order valence-corrected chi connectivity index (χ3v) is 9.87. The van der Waals surface area contributed by atoms with E-state index in [0.717, 1.165) is 68.2 Å². The average molecular weight is 664 g/mol. The number of nitrogens with zero attached hydrogens (tertiary/aromatic N) is 4. The normalized spacial score (nSPS) is 18.6. The van der Waals surface area contributed by atoms with Gasteiger partial charge in [0.15, 0.2) is 5.65 Å². The van der Waals surface area contributed by atoms with Crippen molar-refractivity contribution in [1.82, 2.24) is 24.3 Å². The van der Waals surface area contributed by atoms with Gasteiger partial charge < -0.3 is 15.2 Å². The molecule has 0 unspecified atom stereocenters. The van der Waals surface area contributed by atoms with Gasteiger partial charge in [-0.1, -0.05) is 48.5 Å². The smallest absolute Gasteiger partial charge is 0.337 e. The second-order valence-electron chi connectivity index (χ2n) is 13.1. The first-order valence-electron chi connectivity index (χ1n) is 17.3. The second kappa shape index (κ2) is 14.9. The minimum absolute atomic E-state index is 0.0730. The highest BCUT2D eigenvalue weighted by atomic mass is 19.1. The highest BCUT2D eigenvalue weighted by molar-refractivity contribution is 5.77. The molecular weight excluding hydrogens is 621 g/mol. The number of halogens is 1. The third-order valence-electron chi connectivity index (χ3n) is 9.87. The van der Waals surface area contributed by atoms with Crippen LogP contribution in [-0.2, 0) is 17.7 Å². The summed E-state index contributed by atoms with van der Waals surface area (Å²) in [7, 11) is 0. The van der Waals surface area contributed by atoms with Crippen molar-refractivity contribution in [2.24, 2.45) is 0 Å². The number of aryl methyl sites for hydroxylation is 1. The Morgan fingerprint density at radius 2 is 1.71 bits per heavy atom. The van der Waals surface area contributed by atoms with Gasteiger partial charge in [0, 0.05) is 31.7 Å². The number of rotatable bonds is 10. The van der Waals surface area contributed by atoms with Crippen molar-refractivity contribution in [3.8, 4) is 22.6 Å². The van der Waals surface area contributed by atoms with E-state index < -0.39 is 17.1 Å². The molecule has 0 radical (unpaired) electrons. The minimum atomic E-state index is -0.629. The number of phenolic OH excluding ortho intramolecular Hbond substituents is 1. The molecule has 1 aliphatic heterocycles. The summed E-state index contributed by atoms with van der Waals surface area (Å²) in [6, 6.07) is 24.5. The first kappa shape index (κ1) is 32.9. The van der Waals surface area contributed by atoms with E-state index in [1.165, 1.54) is 20.8 Å². The molecule has 1 aliphatic carbocycles. The van der Waals surface area contributed by atoms with E-state index in [1.807, 2.05) is 36.4 Å². The summed E-state index contributed by atoms with van der Waals surface area (Å²) in [5.74, 6) is -0.448. The van der Waals surface area contributed by atoms with Crippen LogP contribution >= 0.6 is 0 Å². The van der Waals surface area contributed by atoms with Gasteiger partial charge in [0.05, 0.1) is 30.5 Å². The molecule has 2 N–H and O–H groups in total. The number of fused-ring (bicyclic) bond motifs is 1. The fourth-order valence-electron chi connectivity index (χ4n) is 7.32. The Hall–Kier alpha value is -4.64. The van der Waals surface area contributed by atoms with Gasteiger partial charge in [0.25, 0.3) is 5.56 Å². The predicted octanol–water partition coefficient (Wildman–Crippen LogP) is 5.60. The first-order chi connectivity index (χ1) is 23.9. The van der Waals surface area contributed by atoms with Crippen LogP contribution < -0.4 is 16.6 Å². The lowest BCUT2D eigenvalue weighted by atomic mass is 9.90. The molecule has 2 fully saturated rings. The van der Waals surface area contributed by atoms with Crippen LogP contribution in [0, 0.1) is 5.82 Å². The summed E-state index contributed by atoms with van der Waals surface area (Å²) in [4.78, 5) is 34.8. The molecule has 10 heteroatoms. The number of hydrogen-bond donors (Lipinski definition) is 2. The number of ether oxygens (including phenoxy) is 1. The van der Waals surface area contributed by atoms with Gasteiger partial charge >= 0.3 is 5.69 Å². The Morgan fingerprint density at radius 1 is 0.918 bits per heavy atom. The van der Waals surface area contributed by atoms with Gasteiger partial charge in [0.1, 0.15) is 11.6 Å². The van der Waals surface area contributed by atoms with E-state index in [9.17, 15) is 19.1 Å². The van der Waals surface area contributed by atoms with E-state index in [-0.39, 0.29) is 22.8 Å². The molecule has 0 bridgehead atoms. The summed E-state index contributed by atoms with van der Waals surface area (Å²) in [6.07, 6.45) is 6.10. The van der Waals surface area contributed by atoms with E-state index in [2.05, 4.69) is 39.5 Å². The van der Waals surface area contributed by atoms with Crippen LogP contribution in [0.2, 0.25) is 0 Å². The van der Waals surface area contributed by atoms with Crippen LogP contribution in [0.25, 0.3) is 27.8 Å². The fourth-order valence-corrected chi connectivity index (χ4v) is 7.32. The van der Waals surface area contributed by atoms with Crippen molar-refractivity contribution < 1.29 is 14.2 Å². The maximum absolute atomic E-state index is 14.5. The predicted molar refractivity (Wildman–Crippen MR) is 189 cm³/mol. The van der Waals surface area contributed by atoms with Crippen LogP contribution in [0.3, 0.4) is 0 Å². The van der Waals surface area contributed by atoms with Crippen molar-refractivity contribution in [3.63, 3.8) is 0 Å². The van der Waals surface area contributed by atoms with Gasteiger partial charge in [0.2, 0.25) is 0 Å². The number of morpholine rings is 1. The molecule has 0 spiro atoms. The highest BCUT2D eigenvalue weighted by Gasteiger charge is 2.27. The zero-order chi connectivity index (χ0) is 33.7. The largest absolute Gasteiger partial charge is 0.508 e. The minimum Gasteiger partial charge on any atom is -0.508 e. The van der Waals surface area contributed by atoms with Crippen molar-refractivity contribution in [2.75, 3.05) is 32.8 Å². The molecule has 49 heavy (non-hydrogen) atoms. The number of nitrogens with one attached hydrogen (secondary N) is 1. The van der Waals surface area contributed by atoms with E-state index in [0.29, 0.717) is 44.3 Å². The lowest BCUT2D eigenvalue weighted by molar-refractivity contribution is 0.0342. The van der Waals surface area contributed by atoms with E-state index in [1.54, 1.807) is 12.1 Å². The second-order valence-corrected chi connectivity index (χ2v) is 13.1. The first-order valence-corrected chi connectivity index (χ1v) is 17.3. The highest BCUT2D eigenvalue weighted by Crippen LogP contribution is 2.31. The standard InChI is InChI=1S/C39H42FN5O4/c40-30-24-36-37(42-25-30)44(33-10-4-9-28(22-33)35-16-15-34(46)23-29(35)26-43-18-20-49-21-19-43)39(48)45(38(36)47)32-13-11-31(12-14-32)41-17-5-8-27-6-2-1-3-7-27/h1-4,6-7,9-10,15-16,22-25,31-32,41,46H,5,8,11-14,17-21,26H2/t31-,32+. The molecule has 1 saturated carbocycles. The molecule has 254 valence electrons. The molecule has 2 aromatic heterocycles. The number of pyridine rings is 1. The van der Waals surface area contributed by atoms with Gasteiger partial charge in [-0.2, -0.15) is 0 Å². The number of hydrogen-bond acceptors (Lipinski definition) is 7. The van der Waals surface area contributed by atoms with Crippen molar-refractivity contribution in [3.05, 3.63) is 123 Å². The van der Waals surface area contributed by atoms with Crippen molar-refractivity contribution in [2.45, 2.75) is 57.2 Å². The zero-order valence-corrected chi connectivity index (χ0v) is 27.6. The Bertz CT molecular complexity index is 2030. The molecule has 7 rings (SSSR count). The number of benzene rings is 3. The Kier molecular flexibility index (Phi) is 9.97. The molecule has 2 aliphatic rings. The van der Waals surface area contributed by atoms with Gasteiger partial charge in [-0.3, -0.25) is 14.3 Å². The van der Waals surface area contributed by atoms with Crippen LogP contribution in [0.4, 0.5) is 4.39 Å². The molecule has 5 aromatic rings. The Morgan fingerprint density at radius 3 is 2.51 bits per heavy atom. The van der Waals surface area contributed by atoms with Gasteiger partial charge in [-0.15, -0.1) is 0 Å². The average Bonchev–Trinajstić information content (AvgIpc) is 3.12. The molecule has 0 atom stereocenters. The SMILES string of the molecule is O=c1c2cc(F)cnc2n(-c2cccc(-c3ccc(O)cc3CN3CCOCC3)c2)c(=O)n1[C@H]1CC[C@@H](NCCCc2ccccc2)CC1. The van der Waals surface area contributed by atoms with Crippen LogP contribution in [0.15, 0.2) is 94.6 Å². The molecule has 9 nitrogen and oxygen atoms in total. The third kappa shape index (κ3) is 7.36. The molecule has 3 aromatic carbocycles. The monoisotopic (exact) mass is 663 g/mol. The zero-order valence-electron chi connectivity index (χ0n) is 27.6. The fraction of sp³-hybridized carbons (Fsp3) is 0.359. The van der Waals surface area contributed by atoms with Crippen LogP contribution in [0.1, 0.15) is 49.3 Å². The van der Waals surface area contributed by atoms with Crippen molar-refractivity contribution >= 4 is 11.0 Å². The summed E-state index contributed by atoms with van der Waals surface area (Å²) < 4.78 is 22.8. The Labute approximate surface area is 284 Å². The topological polar surface area (TPSA) is 102 Å². The van der Waals surface area contributed by atoms with Crippen LogP contribution in [0.5, 0.6) is 5.75 Å². The molecule has 3 heterocycles. The number of phenols is 1. The van der Waals surface area contributed by atoms with Crippen molar-refractivity contribution in [1.29, 1.82) is 0 Å². The van der Waals surface area contributed by atoms with E-state index >= 15 is 0 Å². The lowest BCUT2D eigenvalue weighted by Crippen LogP contribution is -2.44. The number of aromatic hydroxyl groups is 1. The molecule has 1 saturated heterocycles. The van der Waals surface area contributed by atoms with Crippen LogP contribution in [-0.4, -0.2) is 63.0 Å². The lowest BCUT2D eigenvalue weighted by Gasteiger charge is -2.30. The maximum atomic E-state index is 14.5. The quantitative estimate of drug-likeness (QED) is 0.188. The van der Waals surface area contributed by atoms with E-state index in [4.69, 9.17) is 4.74 Å². The number of aromatic nitrogens is 3. The summed E-state index contributed by atoms with van der Waals surface area (Å²) in [5, 5.41) is 14.1. The Balaban J connectivity index is 1.17.